The highest BCUT2D eigenvalue weighted by Gasteiger charge is 2.23. The summed E-state index contributed by atoms with van der Waals surface area (Å²) in [6.07, 6.45) is 4.49. The van der Waals surface area contributed by atoms with E-state index < -0.39 is 11.8 Å². The first-order valence-electron chi connectivity index (χ1n) is 7.96. The molecular formula is C15H25N5O4. The molecule has 1 atom stereocenters. The molecule has 9 nitrogen and oxygen atoms in total. The molecule has 1 heterocycles. The van der Waals surface area contributed by atoms with Crippen molar-refractivity contribution in [3.63, 3.8) is 0 Å². The fourth-order valence-electron chi connectivity index (χ4n) is 2.32. The minimum absolute atomic E-state index is 0.0306. The molecule has 0 bridgehead atoms. The van der Waals surface area contributed by atoms with Crippen LogP contribution in [0.5, 0.6) is 0 Å². The Morgan fingerprint density at radius 3 is 2.38 bits per heavy atom. The molecule has 0 unspecified atom stereocenters. The summed E-state index contributed by atoms with van der Waals surface area (Å²) in [7, 11) is 0. The van der Waals surface area contributed by atoms with Crippen LogP contribution < -0.4 is 22.1 Å². The van der Waals surface area contributed by atoms with E-state index in [2.05, 4.69) is 10.6 Å². The molecule has 0 spiro atoms. The zero-order chi connectivity index (χ0) is 17.9. The molecule has 0 aromatic rings. The fraction of sp³-hybridized carbons (Fsp3) is 0.600. The van der Waals surface area contributed by atoms with Gasteiger partial charge in [0.15, 0.2) is 5.78 Å². The third-order valence-corrected chi connectivity index (χ3v) is 3.66. The van der Waals surface area contributed by atoms with Crippen molar-refractivity contribution in [1.82, 2.24) is 15.5 Å². The van der Waals surface area contributed by atoms with Crippen LogP contribution in [0.3, 0.4) is 0 Å². The lowest BCUT2D eigenvalue weighted by atomic mass is 10.1. The number of imide groups is 1. The first kappa shape index (κ1) is 19.9. The lowest BCUT2D eigenvalue weighted by Crippen LogP contribution is -2.42. The third-order valence-electron chi connectivity index (χ3n) is 3.66. The second kappa shape index (κ2) is 10.6. The van der Waals surface area contributed by atoms with Crippen molar-refractivity contribution in [3.8, 4) is 0 Å². The Hall–Kier alpha value is -2.10. The van der Waals surface area contributed by atoms with Crippen LogP contribution in [0.2, 0.25) is 0 Å². The number of rotatable bonds is 12. The van der Waals surface area contributed by atoms with Gasteiger partial charge in [0.05, 0.1) is 12.6 Å². The zero-order valence-corrected chi connectivity index (χ0v) is 13.6. The van der Waals surface area contributed by atoms with Gasteiger partial charge >= 0.3 is 0 Å². The highest BCUT2D eigenvalue weighted by molar-refractivity contribution is 6.13. The van der Waals surface area contributed by atoms with Gasteiger partial charge < -0.3 is 16.8 Å². The normalized spacial score (nSPS) is 15.0. The van der Waals surface area contributed by atoms with E-state index >= 15 is 0 Å². The number of unbranched alkanes of at least 4 members (excludes halogenated alkanes) is 1. The fourth-order valence-corrected chi connectivity index (χ4v) is 2.32. The van der Waals surface area contributed by atoms with Gasteiger partial charge in [0.25, 0.3) is 11.8 Å². The maximum Gasteiger partial charge on any atom is 0.253 e. The zero-order valence-electron chi connectivity index (χ0n) is 13.6. The largest absolute Gasteiger partial charge is 0.356 e. The Labute approximate surface area is 140 Å². The molecule has 134 valence electrons. The first-order chi connectivity index (χ1) is 11.5. The second-order valence-corrected chi connectivity index (χ2v) is 5.39. The number of carbonyl (C=O) groups is 4. The van der Waals surface area contributed by atoms with E-state index in [1.807, 2.05) is 0 Å². The number of nitrogens with two attached hydrogens (primary N) is 2. The van der Waals surface area contributed by atoms with Crippen molar-refractivity contribution in [2.45, 2.75) is 31.7 Å². The molecule has 0 saturated heterocycles. The Morgan fingerprint density at radius 2 is 1.79 bits per heavy atom. The number of ketones is 1. The molecule has 0 radical (unpaired) electrons. The highest BCUT2D eigenvalue weighted by atomic mass is 16.2. The molecule has 0 aromatic carbocycles. The number of hydrogen-bond donors (Lipinski definition) is 4. The van der Waals surface area contributed by atoms with E-state index in [0.717, 1.165) is 11.3 Å². The minimum atomic E-state index is -0.393. The maximum absolute atomic E-state index is 11.7. The van der Waals surface area contributed by atoms with Gasteiger partial charge in [0.2, 0.25) is 5.91 Å². The summed E-state index contributed by atoms with van der Waals surface area (Å²) in [4.78, 5) is 46.9. The summed E-state index contributed by atoms with van der Waals surface area (Å²) in [5.41, 5.74) is 10.7. The number of carbonyl (C=O) groups excluding carboxylic acids is 4. The van der Waals surface area contributed by atoms with E-state index in [0.29, 0.717) is 19.4 Å². The molecule has 1 aliphatic rings. The number of nitrogens with one attached hydrogen (secondary N) is 2. The minimum Gasteiger partial charge on any atom is -0.356 e. The number of nitrogens with zero attached hydrogens (tertiary/aromatic N) is 1. The van der Waals surface area contributed by atoms with Gasteiger partial charge in [-0.2, -0.15) is 0 Å². The van der Waals surface area contributed by atoms with Crippen LogP contribution in [-0.2, 0) is 19.2 Å². The van der Waals surface area contributed by atoms with Crippen molar-refractivity contribution in [2.24, 2.45) is 11.5 Å². The smallest absolute Gasteiger partial charge is 0.253 e. The lowest BCUT2D eigenvalue weighted by molar-refractivity contribution is -0.137. The molecule has 0 fully saturated rings. The summed E-state index contributed by atoms with van der Waals surface area (Å²) < 4.78 is 0. The van der Waals surface area contributed by atoms with Gasteiger partial charge in [-0.3, -0.25) is 29.4 Å². The van der Waals surface area contributed by atoms with Crippen molar-refractivity contribution in [1.29, 1.82) is 0 Å². The van der Waals surface area contributed by atoms with Crippen molar-refractivity contribution in [2.75, 3.05) is 26.3 Å². The molecule has 0 aliphatic carbocycles. The van der Waals surface area contributed by atoms with E-state index in [1.165, 1.54) is 12.2 Å². The molecule has 24 heavy (non-hydrogen) atoms. The predicted molar refractivity (Wildman–Crippen MR) is 87.4 cm³/mol. The molecule has 0 aromatic heterocycles. The number of Topliss-reactive ketones (excluding diaryl/α,β-unsaturated/α-hetero) is 1. The van der Waals surface area contributed by atoms with Gasteiger partial charge in [0.1, 0.15) is 0 Å². The summed E-state index contributed by atoms with van der Waals surface area (Å²) in [6, 6.07) is -0.351. The molecule has 9 heteroatoms. The first-order valence-corrected chi connectivity index (χ1v) is 7.96. The average Bonchev–Trinajstić information content (AvgIpc) is 2.89. The maximum atomic E-state index is 11.7. The van der Waals surface area contributed by atoms with Crippen LogP contribution in [0.1, 0.15) is 25.7 Å². The second-order valence-electron chi connectivity index (χ2n) is 5.39. The van der Waals surface area contributed by atoms with E-state index in [4.69, 9.17) is 11.5 Å². The van der Waals surface area contributed by atoms with E-state index in [9.17, 15) is 19.2 Å². The SMILES string of the molecule is NCN[C@@H](CCCCNC(=O)CCN1C(=O)C=CC1=O)C(=O)CN. The molecule has 0 saturated carbocycles. The Bertz CT molecular complexity index is 488. The average molecular weight is 339 g/mol. The Morgan fingerprint density at radius 1 is 1.12 bits per heavy atom. The summed E-state index contributed by atoms with van der Waals surface area (Å²) >= 11 is 0. The molecule has 1 aliphatic heterocycles. The van der Waals surface area contributed by atoms with Gasteiger partial charge in [-0.05, 0) is 19.3 Å². The van der Waals surface area contributed by atoms with Crippen molar-refractivity contribution >= 4 is 23.5 Å². The van der Waals surface area contributed by atoms with Crippen LogP contribution in [0.4, 0.5) is 0 Å². The van der Waals surface area contributed by atoms with Gasteiger partial charge in [-0.1, -0.05) is 0 Å². The molecule has 3 amide bonds. The standard InChI is InChI=1S/C15H25N5O4/c16-9-12(21)11(19-10-17)3-1-2-7-18-13(22)6-8-20-14(23)4-5-15(20)24/h4-5,11,19H,1-3,6-10,16-17H2,(H,18,22)/t11-/m0/s1. The summed E-state index contributed by atoms with van der Waals surface area (Å²) in [5.74, 6) is -1.10. The monoisotopic (exact) mass is 339 g/mol. The summed E-state index contributed by atoms with van der Waals surface area (Å²) in [5, 5.41) is 5.60. The molecule has 1 rings (SSSR count). The number of amides is 3. The predicted octanol–water partition coefficient (Wildman–Crippen LogP) is -2.01. The Balaban J connectivity index is 2.14. The van der Waals surface area contributed by atoms with Gasteiger partial charge in [0, 0.05) is 38.3 Å². The van der Waals surface area contributed by atoms with Gasteiger partial charge in [-0.25, -0.2) is 0 Å². The van der Waals surface area contributed by atoms with Crippen molar-refractivity contribution < 1.29 is 19.2 Å². The number of hydrogen-bond acceptors (Lipinski definition) is 7. The van der Waals surface area contributed by atoms with E-state index in [-0.39, 0.29) is 43.9 Å². The van der Waals surface area contributed by atoms with E-state index in [1.54, 1.807) is 0 Å². The summed E-state index contributed by atoms with van der Waals surface area (Å²) in [6.45, 7) is 0.711. The van der Waals surface area contributed by atoms with Gasteiger partial charge in [-0.15, -0.1) is 0 Å². The highest BCUT2D eigenvalue weighted by Crippen LogP contribution is 2.04. The van der Waals surface area contributed by atoms with Crippen LogP contribution in [0.15, 0.2) is 12.2 Å². The van der Waals surface area contributed by atoms with Crippen LogP contribution in [0, 0.1) is 0 Å². The topological polar surface area (TPSA) is 148 Å². The Kier molecular flexibility index (Phi) is 8.84. The lowest BCUT2D eigenvalue weighted by Gasteiger charge is -2.15. The van der Waals surface area contributed by atoms with Crippen molar-refractivity contribution in [3.05, 3.63) is 12.2 Å². The third kappa shape index (κ3) is 6.57. The molecule has 6 N–H and O–H groups in total. The molecular weight excluding hydrogens is 314 g/mol. The quantitative estimate of drug-likeness (QED) is 0.182. The van der Waals surface area contributed by atoms with Crippen LogP contribution in [-0.4, -0.2) is 60.7 Å². The van der Waals surface area contributed by atoms with Crippen LogP contribution in [0.25, 0.3) is 0 Å². The van der Waals surface area contributed by atoms with Crippen LogP contribution >= 0.6 is 0 Å².